The van der Waals surface area contributed by atoms with E-state index in [1.807, 2.05) is 48.5 Å². The number of nitrogens with zero attached hydrogens (tertiary/aromatic N) is 2. The number of halogens is 1. The maximum Gasteiger partial charge on any atom is 0.282 e. The van der Waals surface area contributed by atoms with Gasteiger partial charge in [0.05, 0.1) is 30.3 Å². The van der Waals surface area contributed by atoms with Crippen molar-refractivity contribution in [2.75, 3.05) is 18.1 Å². The van der Waals surface area contributed by atoms with Crippen LogP contribution in [0, 0.1) is 0 Å². The Bertz CT molecular complexity index is 1400. The predicted molar refractivity (Wildman–Crippen MR) is 143 cm³/mol. The van der Waals surface area contributed by atoms with Crippen molar-refractivity contribution in [1.82, 2.24) is 9.78 Å². The fourth-order valence-electron chi connectivity index (χ4n) is 5.35. The number of aromatic nitrogens is 2. The molecule has 0 saturated carbocycles. The van der Waals surface area contributed by atoms with Crippen LogP contribution in [0.4, 0.5) is 5.69 Å². The third kappa shape index (κ3) is 4.21. The number of H-pyrrole nitrogens is 1. The van der Waals surface area contributed by atoms with Gasteiger partial charge in [0.1, 0.15) is 10.9 Å². The van der Waals surface area contributed by atoms with Crippen molar-refractivity contribution < 1.29 is 9.84 Å². The van der Waals surface area contributed by atoms with Crippen LogP contribution < -0.4 is 10.5 Å². The molecule has 0 spiro atoms. The quantitative estimate of drug-likeness (QED) is 0.342. The number of anilines is 1. The number of benzene rings is 3. The Hall–Kier alpha value is -3.13. The van der Waals surface area contributed by atoms with E-state index < -0.39 is 6.04 Å². The second-order valence-electron chi connectivity index (χ2n) is 9.23. The maximum absolute atomic E-state index is 13.0. The van der Waals surface area contributed by atoms with Gasteiger partial charge in [0.2, 0.25) is 5.88 Å². The number of nitrogens with one attached hydrogen (secondary N) is 1. The molecule has 36 heavy (non-hydrogen) atoms. The number of ether oxygens (including phenoxy) is 1. The summed E-state index contributed by atoms with van der Waals surface area (Å²) in [5.41, 5.74) is 2.73. The number of morpholine rings is 1. The molecule has 6 rings (SSSR count). The first-order valence-corrected chi connectivity index (χ1v) is 13.3. The van der Waals surface area contributed by atoms with Crippen LogP contribution >= 0.6 is 23.4 Å². The molecular formula is C28H26ClN3O3S. The fraction of sp³-hybridized carbons (Fsp3) is 0.250. The van der Waals surface area contributed by atoms with Gasteiger partial charge >= 0.3 is 0 Å². The van der Waals surface area contributed by atoms with E-state index in [-0.39, 0.29) is 16.3 Å². The number of aromatic amines is 1. The second kappa shape index (κ2) is 9.73. The summed E-state index contributed by atoms with van der Waals surface area (Å²) >= 11 is 7.47. The Labute approximate surface area is 218 Å². The summed E-state index contributed by atoms with van der Waals surface area (Å²) in [6, 6.07) is 26.0. The smallest absolute Gasteiger partial charge is 0.282 e. The van der Waals surface area contributed by atoms with E-state index in [1.165, 1.54) is 5.69 Å². The van der Waals surface area contributed by atoms with Crippen molar-refractivity contribution in [3.63, 3.8) is 0 Å². The molecule has 3 heterocycles. The average molecular weight is 520 g/mol. The molecule has 2 aliphatic rings. The molecule has 6 nitrogen and oxygen atoms in total. The highest BCUT2D eigenvalue weighted by atomic mass is 35.5. The van der Waals surface area contributed by atoms with Gasteiger partial charge in [-0.05, 0) is 48.2 Å². The fourth-order valence-corrected chi connectivity index (χ4v) is 6.46. The third-order valence-electron chi connectivity index (χ3n) is 7.03. The molecule has 3 aromatic carbocycles. The lowest BCUT2D eigenvalue weighted by atomic mass is 9.98. The minimum absolute atomic E-state index is 0.117. The molecule has 2 aliphatic heterocycles. The topological polar surface area (TPSA) is 70.5 Å². The van der Waals surface area contributed by atoms with E-state index in [2.05, 4.69) is 34.3 Å². The minimum atomic E-state index is -0.407. The monoisotopic (exact) mass is 519 g/mol. The minimum Gasteiger partial charge on any atom is -0.493 e. The highest BCUT2D eigenvalue weighted by Crippen LogP contribution is 2.39. The summed E-state index contributed by atoms with van der Waals surface area (Å²) in [7, 11) is 0. The van der Waals surface area contributed by atoms with Gasteiger partial charge in [-0.3, -0.25) is 9.89 Å². The van der Waals surface area contributed by atoms with E-state index >= 15 is 0 Å². The zero-order valence-electron chi connectivity index (χ0n) is 19.5. The highest BCUT2D eigenvalue weighted by molar-refractivity contribution is 7.99. The van der Waals surface area contributed by atoms with Crippen molar-refractivity contribution in [2.24, 2.45) is 0 Å². The van der Waals surface area contributed by atoms with Crippen LogP contribution in [0.25, 0.3) is 0 Å². The van der Waals surface area contributed by atoms with Gasteiger partial charge in [0.25, 0.3) is 5.56 Å². The van der Waals surface area contributed by atoms with Crippen LogP contribution in [-0.4, -0.2) is 40.2 Å². The molecule has 184 valence electrons. The second-order valence-corrected chi connectivity index (χ2v) is 10.7. The Kier molecular flexibility index (Phi) is 6.29. The number of hydrogen-bond acceptors (Lipinski definition) is 5. The average Bonchev–Trinajstić information content (AvgIpc) is 3.32. The highest BCUT2D eigenvalue weighted by Gasteiger charge is 2.37. The molecule has 0 amide bonds. The van der Waals surface area contributed by atoms with Gasteiger partial charge in [-0.25, -0.2) is 4.68 Å². The van der Waals surface area contributed by atoms with Gasteiger partial charge in [-0.2, -0.15) is 0 Å². The van der Waals surface area contributed by atoms with Gasteiger partial charge in [-0.15, -0.1) is 0 Å². The molecule has 3 unspecified atom stereocenters. The molecule has 2 saturated heterocycles. The van der Waals surface area contributed by atoms with Crippen molar-refractivity contribution in [3.05, 3.63) is 105 Å². The Morgan fingerprint density at radius 3 is 2.25 bits per heavy atom. The molecule has 2 bridgehead atoms. The first-order valence-electron chi connectivity index (χ1n) is 12.1. The SMILES string of the molecule is O=c1[nH]n(C(c2ccccc2)c2ccc(N3C4CCC3COC4)cc2)c(O)c1Sc1ccccc1Cl. The molecule has 0 aliphatic carbocycles. The summed E-state index contributed by atoms with van der Waals surface area (Å²) in [5.74, 6) is -0.117. The van der Waals surface area contributed by atoms with Crippen LogP contribution in [0.2, 0.25) is 5.02 Å². The molecule has 2 fully saturated rings. The molecule has 8 heteroatoms. The predicted octanol–water partition coefficient (Wildman–Crippen LogP) is 5.69. The van der Waals surface area contributed by atoms with Crippen LogP contribution in [0.1, 0.15) is 30.0 Å². The Balaban J connectivity index is 1.38. The van der Waals surface area contributed by atoms with Crippen molar-refractivity contribution in [3.8, 4) is 5.88 Å². The van der Waals surface area contributed by atoms with E-state index in [1.54, 1.807) is 10.7 Å². The number of fused-ring (bicyclic) bond motifs is 2. The maximum atomic E-state index is 13.0. The summed E-state index contributed by atoms with van der Waals surface area (Å²) < 4.78 is 7.29. The molecule has 1 aromatic heterocycles. The third-order valence-corrected chi connectivity index (χ3v) is 8.62. The van der Waals surface area contributed by atoms with Gasteiger partial charge < -0.3 is 14.7 Å². The molecule has 0 radical (unpaired) electrons. The normalized spacial score (nSPS) is 20.0. The largest absolute Gasteiger partial charge is 0.493 e. The summed E-state index contributed by atoms with van der Waals surface area (Å²) in [4.78, 5) is 16.4. The lowest BCUT2D eigenvalue weighted by molar-refractivity contribution is 0.0906. The number of rotatable bonds is 6. The van der Waals surface area contributed by atoms with Gasteiger partial charge in [0.15, 0.2) is 0 Å². The van der Waals surface area contributed by atoms with Crippen LogP contribution in [0.5, 0.6) is 5.88 Å². The summed E-state index contributed by atoms with van der Waals surface area (Å²) in [6.45, 7) is 1.55. The Morgan fingerprint density at radius 1 is 0.917 bits per heavy atom. The van der Waals surface area contributed by atoms with Crippen LogP contribution in [0.3, 0.4) is 0 Å². The molecule has 4 aromatic rings. The van der Waals surface area contributed by atoms with Gasteiger partial charge in [0, 0.05) is 10.6 Å². The van der Waals surface area contributed by atoms with E-state index in [0.29, 0.717) is 22.0 Å². The van der Waals surface area contributed by atoms with Crippen LogP contribution in [0.15, 0.2) is 93.4 Å². The summed E-state index contributed by atoms with van der Waals surface area (Å²) in [5, 5.41) is 14.6. The van der Waals surface area contributed by atoms with Gasteiger partial charge in [-0.1, -0.05) is 78.0 Å². The lowest BCUT2D eigenvalue weighted by Gasteiger charge is -2.36. The zero-order chi connectivity index (χ0) is 24.6. The van der Waals surface area contributed by atoms with E-state index in [9.17, 15) is 9.90 Å². The molecular weight excluding hydrogens is 494 g/mol. The van der Waals surface area contributed by atoms with Crippen molar-refractivity contribution in [1.29, 1.82) is 0 Å². The number of aromatic hydroxyl groups is 1. The summed E-state index contributed by atoms with van der Waals surface area (Å²) in [6.07, 6.45) is 2.31. The Morgan fingerprint density at radius 2 is 1.56 bits per heavy atom. The standard InChI is InChI=1S/C28H26ClN3O3S/c29-23-8-4-5-9-24(23)36-26-27(33)30-32(28(26)34)25(18-6-2-1-3-7-18)19-10-12-20(13-11-19)31-21-14-15-22(31)17-35-16-21/h1-13,21-22,25,34H,14-17H2,(H,30,33). The zero-order valence-corrected chi connectivity index (χ0v) is 21.1. The molecule has 3 atom stereocenters. The first kappa shape index (κ1) is 23.3. The van der Waals surface area contributed by atoms with E-state index in [0.717, 1.165) is 48.9 Å². The van der Waals surface area contributed by atoms with E-state index in [4.69, 9.17) is 16.3 Å². The first-order chi connectivity index (χ1) is 17.6. The van der Waals surface area contributed by atoms with Crippen LogP contribution in [-0.2, 0) is 4.74 Å². The molecule has 2 N–H and O–H groups in total. The van der Waals surface area contributed by atoms with Crippen molar-refractivity contribution >= 4 is 29.1 Å². The number of hydrogen-bond donors (Lipinski definition) is 2. The van der Waals surface area contributed by atoms with Crippen molar-refractivity contribution in [2.45, 2.75) is 40.8 Å². The lowest BCUT2D eigenvalue weighted by Crippen LogP contribution is -2.45.